The van der Waals surface area contributed by atoms with Crippen LogP contribution in [0.4, 0.5) is 0 Å². The lowest BCUT2D eigenvalue weighted by Crippen LogP contribution is -2.37. The number of carbonyl (C=O) groups excluding carboxylic acids is 1. The largest absolute Gasteiger partial charge is 0.494 e. The molecule has 0 unspecified atom stereocenters. The summed E-state index contributed by atoms with van der Waals surface area (Å²) in [5.74, 6) is 1.10. The van der Waals surface area contributed by atoms with Gasteiger partial charge in [0, 0.05) is 20.0 Å². The molecule has 8 heteroatoms. The van der Waals surface area contributed by atoms with E-state index in [1.807, 2.05) is 6.92 Å². The Kier molecular flexibility index (Phi) is 6.60. The zero-order valence-electron chi connectivity index (χ0n) is 14.3. The van der Waals surface area contributed by atoms with Crippen LogP contribution in [0.2, 0.25) is 0 Å². The number of ether oxygens (including phenoxy) is 1. The number of sulfonamides is 1. The molecule has 1 aromatic heterocycles. The van der Waals surface area contributed by atoms with Crippen molar-refractivity contribution >= 4 is 15.9 Å². The molecule has 1 amide bonds. The molecule has 0 saturated carbocycles. The van der Waals surface area contributed by atoms with Crippen molar-refractivity contribution in [2.24, 2.45) is 0 Å². The van der Waals surface area contributed by atoms with Gasteiger partial charge in [-0.15, -0.1) is 0 Å². The van der Waals surface area contributed by atoms with E-state index in [1.54, 1.807) is 24.3 Å². The van der Waals surface area contributed by atoms with Crippen molar-refractivity contribution in [1.82, 2.24) is 9.62 Å². The van der Waals surface area contributed by atoms with Crippen molar-refractivity contribution in [3.05, 3.63) is 48.4 Å². The van der Waals surface area contributed by atoms with E-state index in [4.69, 9.17) is 9.15 Å². The molecule has 1 heterocycles. The van der Waals surface area contributed by atoms with Crippen LogP contribution < -0.4 is 9.46 Å². The number of rotatable bonds is 9. The van der Waals surface area contributed by atoms with Crippen LogP contribution in [0.1, 0.15) is 19.6 Å². The molecule has 2 rings (SSSR count). The van der Waals surface area contributed by atoms with Gasteiger partial charge in [-0.3, -0.25) is 4.79 Å². The van der Waals surface area contributed by atoms with Gasteiger partial charge in [0.1, 0.15) is 11.5 Å². The maximum absolute atomic E-state index is 12.3. The number of carbonyl (C=O) groups is 1. The van der Waals surface area contributed by atoms with Gasteiger partial charge in [-0.2, -0.15) is 0 Å². The van der Waals surface area contributed by atoms with E-state index < -0.39 is 10.0 Å². The highest BCUT2D eigenvalue weighted by molar-refractivity contribution is 7.89. The maximum Gasteiger partial charge on any atom is 0.240 e. The molecule has 0 aliphatic heterocycles. The summed E-state index contributed by atoms with van der Waals surface area (Å²) >= 11 is 0. The minimum absolute atomic E-state index is 0.107. The SMILES string of the molecule is CCOc1ccc(S(=O)(=O)NCCN(Cc2ccco2)C(C)=O)cc1. The minimum atomic E-state index is -3.64. The summed E-state index contributed by atoms with van der Waals surface area (Å²) in [6, 6.07) is 9.69. The van der Waals surface area contributed by atoms with Crippen molar-refractivity contribution in [1.29, 1.82) is 0 Å². The first kappa shape index (κ1) is 19.0. The molecule has 0 aliphatic carbocycles. The number of benzene rings is 1. The Balaban J connectivity index is 1.92. The Morgan fingerprint density at radius 2 is 1.96 bits per heavy atom. The standard InChI is InChI=1S/C17H22N2O5S/c1-3-23-15-6-8-17(9-7-15)25(21,22)18-10-11-19(14(2)20)13-16-5-4-12-24-16/h4-9,12,18H,3,10-11,13H2,1-2H3. The molecular weight excluding hydrogens is 344 g/mol. The third-order valence-corrected chi connectivity index (χ3v) is 4.97. The quantitative estimate of drug-likeness (QED) is 0.733. The first-order valence-electron chi connectivity index (χ1n) is 7.93. The molecule has 1 aromatic carbocycles. The van der Waals surface area contributed by atoms with Gasteiger partial charge < -0.3 is 14.1 Å². The van der Waals surface area contributed by atoms with Gasteiger partial charge in [0.2, 0.25) is 15.9 Å². The molecule has 0 radical (unpaired) electrons. The van der Waals surface area contributed by atoms with Crippen LogP contribution in [0, 0.1) is 0 Å². The van der Waals surface area contributed by atoms with Crippen LogP contribution in [-0.4, -0.2) is 38.9 Å². The Bertz CT molecular complexity index is 770. The average molecular weight is 366 g/mol. The van der Waals surface area contributed by atoms with Crippen molar-refractivity contribution in [3.8, 4) is 5.75 Å². The Hall–Kier alpha value is -2.32. The molecule has 25 heavy (non-hydrogen) atoms. The smallest absolute Gasteiger partial charge is 0.240 e. The summed E-state index contributed by atoms with van der Waals surface area (Å²) in [5.41, 5.74) is 0. The molecule has 136 valence electrons. The lowest BCUT2D eigenvalue weighted by atomic mass is 10.3. The van der Waals surface area contributed by atoms with Crippen LogP contribution in [0.5, 0.6) is 5.75 Å². The summed E-state index contributed by atoms with van der Waals surface area (Å²) in [6.45, 7) is 4.45. The number of amides is 1. The zero-order valence-corrected chi connectivity index (χ0v) is 15.1. The number of nitrogens with one attached hydrogen (secondary N) is 1. The maximum atomic E-state index is 12.3. The number of hydrogen-bond donors (Lipinski definition) is 1. The molecule has 7 nitrogen and oxygen atoms in total. The third kappa shape index (κ3) is 5.61. The van der Waals surface area contributed by atoms with Crippen LogP contribution >= 0.6 is 0 Å². The van der Waals surface area contributed by atoms with Gasteiger partial charge in [-0.25, -0.2) is 13.1 Å². The molecule has 0 spiro atoms. The number of nitrogens with zero attached hydrogens (tertiary/aromatic N) is 1. The van der Waals surface area contributed by atoms with Crippen molar-refractivity contribution in [3.63, 3.8) is 0 Å². The molecular formula is C17H22N2O5S. The van der Waals surface area contributed by atoms with Crippen molar-refractivity contribution < 1.29 is 22.4 Å². The van der Waals surface area contributed by atoms with Crippen LogP contribution in [-0.2, 0) is 21.4 Å². The second-order valence-corrected chi connectivity index (χ2v) is 7.09. The molecule has 1 N–H and O–H groups in total. The monoisotopic (exact) mass is 366 g/mol. The Morgan fingerprint density at radius 3 is 2.52 bits per heavy atom. The molecule has 0 saturated heterocycles. The van der Waals surface area contributed by atoms with E-state index >= 15 is 0 Å². The lowest BCUT2D eigenvalue weighted by molar-refractivity contribution is -0.129. The molecule has 2 aromatic rings. The second-order valence-electron chi connectivity index (χ2n) is 5.32. The van der Waals surface area contributed by atoms with Gasteiger partial charge in [0.15, 0.2) is 0 Å². The van der Waals surface area contributed by atoms with Gasteiger partial charge >= 0.3 is 0 Å². The van der Waals surface area contributed by atoms with Crippen LogP contribution in [0.3, 0.4) is 0 Å². The van der Waals surface area contributed by atoms with Gasteiger partial charge in [-0.1, -0.05) is 0 Å². The fourth-order valence-corrected chi connectivity index (χ4v) is 3.24. The summed E-state index contributed by atoms with van der Waals surface area (Å²) in [4.78, 5) is 13.4. The molecule has 0 aliphatic rings. The third-order valence-electron chi connectivity index (χ3n) is 3.49. The van der Waals surface area contributed by atoms with Gasteiger partial charge in [-0.05, 0) is 43.3 Å². The van der Waals surface area contributed by atoms with E-state index in [2.05, 4.69) is 4.72 Å². The Morgan fingerprint density at radius 1 is 1.24 bits per heavy atom. The summed E-state index contributed by atoms with van der Waals surface area (Å²) in [7, 11) is -3.64. The van der Waals surface area contributed by atoms with Gasteiger partial charge in [0.05, 0.1) is 24.3 Å². The zero-order chi connectivity index (χ0) is 18.3. The summed E-state index contributed by atoms with van der Waals surface area (Å²) in [5, 5.41) is 0. The first-order chi connectivity index (χ1) is 11.9. The topological polar surface area (TPSA) is 88.8 Å². The van der Waals surface area contributed by atoms with Crippen molar-refractivity contribution in [2.45, 2.75) is 25.3 Å². The predicted molar refractivity (Wildman–Crippen MR) is 92.6 cm³/mol. The molecule has 0 atom stereocenters. The number of hydrogen-bond acceptors (Lipinski definition) is 5. The highest BCUT2D eigenvalue weighted by Crippen LogP contribution is 2.15. The fraction of sp³-hybridized carbons (Fsp3) is 0.353. The second kappa shape index (κ2) is 8.68. The number of furan rings is 1. The van der Waals surface area contributed by atoms with Crippen LogP contribution in [0.15, 0.2) is 52.0 Å². The summed E-state index contributed by atoms with van der Waals surface area (Å²) in [6.07, 6.45) is 1.53. The average Bonchev–Trinajstić information content (AvgIpc) is 3.07. The lowest BCUT2D eigenvalue weighted by Gasteiger charge is -2.20. The van der Waals surface area contributed by atoms with E-state index in [1.165, 1.54) is 30.2 Å². The predicted octanol–water partition coefficient (Wildman–Crippen LogP) is 2.01. The normalized spacial score (nSPS) is 11.3. The fourth-order valence-electron chi connectivity index (χ4n) is 2.22. The van der Waals surface area contributed by atoms with E-state index in [0.29, 0.717) is 24.7 Å². The van der Waals surface area contributed by atoms with Crippen LogP contribution in [0.25, 0.3) is 0 Å². The minimum Gasteiger partial charge on any atom is -0.494 e. The summed E-state index contributed by atoms with van der Waals surface area (Å²) < 4.78 is 37.6. The van der Waals surface area contributed by atoms with E-state index in [0.717, 1.165) is 0 Å². The highest BCUT2D eigenvalue weighted by atomic mass is 32.2. The Labute approximate surface area is 147 Å². The highest BCUT2D eigenvalue weighted by Gasteiger charge is 2.16. The van der Waals surface area contributed by atoms with E-state index in [9.17, 15) is 13.2 Å². The van der Waals surface area contributed by atoms with Gasteiger partial charge in [0.25, 0.3) is 0 Å². The van der Waals surface area contributed by atoms with Crippen molar-refractivity contribution in [2.75, 3.05) is 19.7 Å². The van der Waals surface area contributed by atoms with E-state index in [-0.39, 0.29) is 23.9 Å². The molecule has 0 bridgehead atoms. The molecule has 0 fully saturated rings. The first-order valence-corrected chi connectivity index (χ1v) is 9.41.